The smallest absolute Gasteiger partial charge is 0 e. The number of hydrogen-bond donors (Lipinski definition) is 0. The van der Waals surface area contributed by atoms with Gasteiger partial charge >= 0.3 is 33.9 Å². The molecule has 1 aliphatic carbocycles. The summed E-state index contributed by atoms with van der Waals surface area (Å²) in [6, 6.07) is 21.9. The van der Waals surface area contributed by atoms with Crippen molar-refractivity contribution < 1.29 is 40.2 Å². The Kier molecular flexibility index (Phi) is 14.8. The summed E-state index contributed by atoms with van der Waals surface area (Å²) in [6.45, 7) is 21.9. The van der Waals surface area contributed by atoms with Crippen molar-refractivity contribution in [3.05, 3.63) is 105 Å². The SMILES string of the molecule is CC(C)(C)[Si](OCC[C@]12C=CC=C[C@H]1[C@H]1CCCCN1C2=O)(c1ccccc1)c1ccccc1.[C-]#[O+].[C-]#[O+].[C-]#[O+].[Fe]. The topological polar surface area (TPSA) is 89.2 Å². The van der Waals surface area contributed by atoms with Crippen molar-refractivity contribution in [2.75, 3.05) is 13.2 Å². The summed E-state index contributed by atoms with van der Waals surface area (Å²) in [5.74, 6) is 0.571. The Bertz CT molecular complexity index is 1170. The van der Waals surface area contributed by atoms with Crippen LogP contribution in [0, 0.1) is 31.3 Å². The molecule has 0 aromatic heterocycles. The van der Waals surface area contributed by atoms with E-state index in [1.54, 1.807) is 0 Å². The van der Waals surface area contributed by atoms with E-state index in [0.717, 1.165) is 25.8 Å². The Hall–Kier alpha value is -2.69. The largest absolute Gasteiger partial charge is 0 e. The third-order valence-corrected chi connectivity index (χ3v) is 13.3. The number of amides is 1. The average Bonchev–Trinajstić information content (AvgIpc) is 3.27. The zero-order chi connectivity index (χ0) is 29.8. The molecule has 6 nitrogen and oxygen atoms in total. The monoisotopic (exact) mass is 611 g/mol. The summed E-state index contributed by atoms with van der Waals surface area (Å²) in [7, 11) is -2.61. The molecule has 0 saturated carbocycles. The molecule has 3 aliphatic rings. The molecular formula is C33H37FeNO5Si. The molecule has 0 spiro atoms. The van der Waals surface area contributed by atoms with Crippen molar-refractivity contribution in [3.8, 4) is 0 Å². The van der Waals surface area contributed by atoms with Crippen LogP contribution in [0.3, 0.4) is 0 Å². The van der Waals surface area contributed by atoms with E-state index in [9.17, 15) is 4.79 Å². The van der Waals surface area contributed by atoms with E-state index in [4.69, 9.17) is 18.4 Å². The van der Waals surface area contributed by atoms with Crippen LogP contribution in [0.4, 0.5) is 0 Å². The van der Waals surface area contributed by atoms with Crippen molar-refractivity contribution in [2.24, 2.45) is 11.3 Å². The van der Waals surface area contributed by atoms with E-state index >= 15 is 0 Å². The first-order valence-electron chi connectivity index (χ1n) is 13.4. The Morgan fingerprint density at radius 3 is 1.95 bits per heavy atom. The molecule has 0 N–H and O–H groups in total. The average molecular weight is 612 g/mol. The van der Waals surface area contributed by atoms with Crippen molar-refractivity contribution in [3.63, 3.8) is 0 Å². The molecule has 0 radical (unpaired) electrons. The minimum absolute atomic E-state index is 0. The summed E-state index contributed by atoms with van der Waals surface area (Å²) >= 11 is 0. The number of benzene rings is 2. The maximum Gasteiger partial charge on any atom is 0 e. The van der Waals surface area contributed by atoms with Crippen molar-refractivity contribution in [1.82, 2.24) is 4.90 Å². The van der Waals surface area contributed by atoms with Gasteiger partial charge in [-0.1, -0.05) is 106 Å². The number of hydrogen-bond acceptors (Lipinski definition) is 2. The standard InChI is InChI=1S/C30H37NO2Si.3CO.Fe/c1-29(2,3)34(24-14-6-4-7-15-24,25-16-8-5-9-17-25)33-23-21-30-20-12-10-18-26(30)27-19-11-13-22-31(27)28(30)32;3*1-2;/h4-10,12,14-18,20,26-27H,11,13,19,21-23H2,1-3H3;;;;/t26-,27+,30+;;;;/m0..../s1. The number of piperidine rings is 1. The molecule has 2 heterocycles. The maximum atomic E-state index is 13.8. The minimum Gasteiger partial charge on any atom is 0 e. The van der Waals surface area contributed by atoms with Gasteiger partial charge < -0.3 is 9.33 Å². The molecule has 2 fully saturated rings. The predicted octanol–water partition coefficient (Wildman–Crippen LogP) is 4.96. The second-order valence-corrected chi connectivity index (χ2v) is 15.4. The van der Waals surface area contributed by atoms with Crippen LogP contribution in [-0.4, -0.2) is 38.3 Å². The molecule has 41 heavy (non-hydrogen) atoms. The second-order valence-electron chi connectivity index (χ2n) is 11.1. The van der Waals surface area contributed by atoms with E-state index in [0.29, 0.717) is 18.6 Å². The van der Waals surface area contributed by atoms with E-state index in [-0.39, 0.29) is 28.0 Å². The zero-order valence-electron chi connectivity index (χ0n) is 23.8. The third-order valence-electron chi connectivity index (χ3n) is 8.29. The fraction of sp³-hybridized carbons (Fsp3) is 0.394. The van der Waals surface area contributed by atoms with Gasteiger partial charge in [0, 0.05) is 42.2 Å². The first kappa shape index (κ1) is 36.3. The summed E-state index contributed by atoms with van der Waals surface area (Å²) in [6.07, 6.45) is 12.9. The third kappa shape index (κ3) is 7.03. The van der Waals surface area contributed by atoms with E-state index in [1.165, 1.54) is 16.8 Å². The van der Waals surface area contributed by atoms with Gasteiger partial charge in [-0.3, -0.25) is 4.79 Å². The summed E-state index contributed by atoms with van der Waals surface area (Å²) in [5.41, 5.74) is -0.463. The zero-order valence-corrected chi connectivity index (χ0v) is 25.9. The number of carbonyl (C=O) groups excluding carboxylic acids is 1. The summed E-state index contributed by atoms with van der Waals surface area (Å²) in [4.78, 5) is 16.0. The molecule has 5 rings (SSSR count). The molecule has 2 aromatic rings. The van der Waals surface area contributed by atoms with Crippen LogP contribution in [0.5, 0.6) is 0 Å². The van der Waals surface area contributed by atoms with Crippen LogP contribution in [0.2, 0.25) is 5.04 Å². The molecule has 2 aliphatic heterocycles. The van der Waals surface area contributed by atoms with Crippen LogP contribution in [-0.2, 0) is 40.2 Å². The molecule has 1 amide bonds. The van der Waals surface area contributed by atoms with Gasteiger partial charge in [0.1, 0.15) is 0 Å². The van der Waals surface area contributed by atoms with Crippen molar-refractivity contribution in [2.45, 2.75) is 57.5 Å². The number of nitrogens with zero attached hydrogens (tertiary/aromatic N) is 1. The van der Waals surface area contributed by atoms with Gasteiger partial charge in [0.05, 0.1) is 5.41 Å². The van der Waals surface area contributed by atoms with Gasteiger partial charge in [-0.05, 0) is 41.1 Å². The predicted molar refractivity (Wildman–Crippen MR) is 154 cm³/mol. The van der Waals surface area contributed by atoms with Gasteiger partial charge in [0.25, 0.3) is 8.32 Å². The second kappa shape index (κ2) is 16.7. The Morgan fingerprint density at radius 1 is 0.902 bits per heavy atom. The molecular weight excluding hydrogens is 574 g/mol. The summed E-state index contributed by atoms with van der Waals surface area (Å²) < 4.78 is 29.7. The van der Waals surface area contributed by atoms with E-state index < -0.39 is 13.7 Å². The maximum absolute atomic E-state index is 13.8. The van der Waals surface area contributed by atoms with Gasteiger partial charge in [0.2, 0.25) is 5.91 Å². The van der Waals surface area contributed by atoms with Crippen LogP contribution in [0.25, 0.3) is 0 Å². The Balaban J connectivity index is 0.00000113. The van der Waals surface area contributed by atoms with Crippen LogP contribution in [0.1, 0.15) is 46.5 Å². The fourth-order valence-corrected chi connectivity index (χ4v) is 11.3. The van der Waals surface area contributed by atoms with Crippen LogP contribution >= 0.6 is 0 Å². The number of carbonyl (C=O) groups is 1. The van der Waals surface area contributed by atoms with E-state index in [2.05, 4.69) is 131 Å². The van der Waals surface area contributed by atoms with Gasteiger partial charge in [0.15, 0.2) is 0 Å². The Labute approximate surface area is 256 Å². The first-order chi connectivity index (χ1) is 19.4. The minimum atomic E-state index is -2.61. The number of rotatable bonds is 6. The molecule has 2 aromatic carbocycles. The van der Waals surface area contributed by atoms with Crippen molar-refractivity contribution in [1.29, 1.82) is 0 Å². The molecule has 3 atom stereocenters. The normalized spacial score (nSPS) is 22.1. The molecule has 8 heteroatoms. The van der Waals surface area contributed by atoms with Gasteiger partial charge in [-0.15, -0.1) is 0 Å². The van der Waals surface area contributed by atoms with Crippen LogP contribution < -0.4 is 10.4 Å². The quantitative estimate of drug-likeness (QED) is 0.263. The van der Waals surface area contributed by atoms with Gasteiger partial charge in [-0.2, -0.15) is 0 Å². The molecule has 2 saturated heterocycles. The Morgan fingerprint density at radius 2 is 1.44 bits per heavy atom. The molecule has 0 bridgehead atoms. The molecule has 216 valence electrons. The van der Waals surface area contributed by atoms with Crippen molar-refractivity contribution >= 4 is 24.6 Å². The van der Waals surface area contributed by atoms with Gasteiger partial charge in [-0.25, -0.2) is 0 Å². The fourth-order valence-electron chi connectivity index (χ4n) is 6.72. The number of fused-ring (bicyclic) bond motifs is 3. The summed E-state index contributed by atoms with van der Waals surface area (Å²) in [5, 5.41) is 2.51. The van der Waals surface area contributed by atoms with Crippen LogP contribution in [0.15, 0.2) is 85.0 Å². The molecule has 0 unspecified atom stereocenters. The number of allylic oxidation sites excluding steroid dienone is 2. The van der Waals surface area contributed by atoms with E-state index in [1.807, 2.05) is 0 Å². The first-order valence-corrected chi connectivity index (χ1v) is 15.3.